The van der Waals surface area contributed by atoms with E-state index in [1.807, 2.05) is 31.1 Å². The van der Waals surface area contributed by atoms with Crippen molar-refractivity contribution in [3.63, 3.8) is 0 Å². The zero-order chi connectivity index (χ0) is 21.8. The van der Waals surface area contributed by atoms with Crippen LogP contribution in [0.5, 0.6) is 0 Å². The number of amides is 2. The molecular formula is C25H34N4O2. The highest BCUT2D eigenvalue weighted by Gasteiger charge is 2.36. The summed E-state index contributed by atoms with van der Waals surface area (Å²) in [4.78, 5) is 30.3. The van der Waals surface area contributed by atoms with Crippen molar-refractivity contribution in [2.75, 3.05) is 26.2 Å². The lowest BCUT2D eigenvalue weighted by atomic mass is 9.81. The van der Waals surface area contributed by atoms with E-state index in [1.165, 1.54) is 5.56 Å². The Labute approximate surface area is 185 Å². The topological polar surface area (TPSA) is 58.4 Å². The first-order valence-electron chi connectivity index (χ1n) is 11.6. The molecule has 0 unspecified atom stereocenters. The number of hydrogen-bond donors (Lipinski definition) is 0. The van der Waals surface area contributed by atoms with E-state index in [2.05, 4.69) is 34.3 Å². The van der Waals surface area contributed by atoms with Crippen LogP contribution in [0.2, 0.25) is 0 Å². The number of rotatable bonds is 5. The van der Waals surface area contributed by atoms with E-state index in [1.54, 1.807) is 4.68 Å². The molecule has 2 saturated heterocycles. The molecular weight excluding hydrogens is 388 g/mol. The summed E-state index contributed by atoms with van der Waals surface area (Å²) in [5.74, 6) is 0.890. The lowest BCUT2D eigenvalue weighted by Gasteiger charge is -2.36. The molecule has 3 heterocycles. The van der Waals surface area contributed by atoms with Gasteiger partial charge in [-0.1, -0.05) is 36.8 Å². The van der Waals surface area contributed by atoms with Gasteiger partial charge >= 0.3 is 0 Å². The van der Waals surface area contributed by atoms with E-state index in [4.69, 9.17) is 0 Å². The summed E-state index contributed by atoms with van der Waals surface area (Å²) in [6.07, 6.45) is 7.74. The van der Waals surface area contributed by atoms with Crippen molar-refractivity contribution in [2.24, 2.45) is 18.9 Å². The summed E-state index contributed by atoms with van der Waals surface area (Å²) in [6.45, 7) is 5.02. The quantitative estimate of drug-likeness (QED) is 0.742. The predicted octanol–water partition coefficient (Wildman–Crippen LogP) is 3.45. The number of aryl methyl sites for hydroxylation is 2. The van der Waals surface area contributed by atoms with Crippen LogP contribution in [-0.4, -0.2) is 57.6 Å². The number of benzene rings is 1. The van der Waals surface area contributed by atoms with Gasteiger partial charge in [-0.2, -0.15) is 5.10 Å². The molecule has 6 nitrogen and oxygen atoms in total. The Bertz CT molecular complexity index is 900. The smallest absolute Gasteiger partial charge is 0.257 e. The van der Waals surface area contributed by atoms with Crippen molar-refractivity contribution in [1.29, 1.82) is 0 Å². The van der Waals surface area contributed by atoms with Crippen molar-refractivity contribution < 1.29 is 9.59 Å². The largest absolute Gasteiger partial charge is 0.342 e. The van der Waals surface area contributed by atoms with Crippen molar-refractivity contribution >= 4 is 11.8 Å². The maximum absolute atomic E-state index is 13.4. The fraction of sp³-hybridized carbons (Fsp3) is 0.560. The molecule has 31 heavy (non-hydrogen) atoms. The Morgan fingerprint density at radius 3 is 2.48 bits per heavy atom. The van der Waals surface area contributed by atoms with Gasteiger partial charge in [-0.25, -0.2) is 0 Å². The summed E-state index contributed by atoms with van der Waals surface area (Å²) in [6, 6.07) is 10.4. The zero-order valence-electron chi connectivity index (χ0n) is 18.8. The van der Waals surface area contributed by atoms with E-state index >= 15 is 0 Å². The highest BCUT2D eigenvalue weighted by atomic mass is 16.2. The first-order valence-corrected chi connectivity index (χ1v) is 11.6. The molecule has 6 heteroatoms. The monoisotopic (exact) mass is 422 g/mol. The molecule has 2 aliphatic heterocycles. The molecule has 2 amide bonds. The number of piperidine rings is 1. The molecule has 2 aliphatic rings. The van der Waals surface area contributed by atoms with Gasteiger partial charge in [0.1, 0.15) is 0 Å². The zero-order valence-corrected chi connectivity index (χ0v) is 18.8. The molecule has 0 saturated carbocycles. The normalized spacial score (nSPS) is 20.7. The average molecular weight is 423 g/mol. The molecule has 1 atom stereocenters. The van der Waals surface area contributed by atoms with E-state index in [9.17, 15) is 9.59 Å². The molecule has 0 N–H and O–H groups in total. The number of aromatic nitrogens is 2. The van der Waals surface area contributed by atoms with Gasteiger partial charge in [-0.05, 0) is 50.5 Å². The van der Waals surface area contributed by atoms with Crippen LogP contribution in [0.15, 0.2) is 36.5 Å². The van der Waals surface area contributed by atoms with Crippen LogP contribution in [-0.2, 0) is 18.3 Å². The fourth-order valence-electron chi connectivity index (χ4n) is 5.19. The van der Waals surface area contributed by atoms with Crippen LogP contribution in [0, 0.1) is 18.8 Å². The lowest BCUT2D eigenvalue weighted by Crippen LogP contribution is -2.44. The number of nitrogens with zero attached hydrogens (tertiary/aromatic N) is 4. The summed E-state index contributed by atoms with van der Waals surface area (Å²) < 4.78 is 1.70. The number of hydrogen-bond acceptors (Lipinski definition) is 3. The van der Waals surface area contributed by atoms with Crippen LogP contribution < -0.4 is 0 Å². The molecule has 0 radical (unpaired) electrons. The Hall–Kier alpha value is -2.63. The van der Waals surface area contributed by atoms with Crippen molar-refractivity contribution in [3.8, 4) is 0 Å². The second-order valence-corrected chi connectivity index (χ2v) is 9.09. The standard InChI is InChI=1S/C25H34N4O2/c1-19-23(18-27(2)26-19)25(31)29-16-12-21(13-17-29)22-10-6-7-14-28(24(22)30)15-11-20-8-4-3-5-9-20/h3-5,8-9,18,21-22H,6-7,10-17H2,1-2H3/t22-/m0/s1. The molecule has 0 aliphatic carbocycles. The minimum Gasteiger partial charge on any atom is -0.342 e. The minimum atomic E-state index is 0.0701. The van der Waals surface area contributed by atoms with Gasteiger partial charge in [0.2, 0.25) is 5.91 Å². The number of carbonyl (C=O) groups excluding carboxylic acids is 2. The summed E-state index contributed by atoms with van der Waals surface area (Å²) in [5.41, 5.74) is 2.76. The lowest BCUT2D eigenvalue weighted by molar-refractivity contribution is -0.137. The van der Waals surface area contributed by atoms with Crippen LogP contribution >= 0.6 is 0 Å². The number of likely N-dealkylation sites (tertiary alicyclic amines) is 2. The Kier molecular flexibility index (Phi) is 6.73. The third kappa shape index (κ3) is 5.00. The second-order valence-electron chi connectivity index (χ2n) is 9.09. The predicted molar refractivity (Wildman–Crippen MR) is 121 cm³/mol. The molecule has 1 aromatic carbocycles. The average Bonchev–Trinajstić information content (AvgIpc) is 3.02. The van der Waals surface area contributed by atoms with Gasteiger partial charge in [0.05, 0.1) is 11.3 Å². The molecule has 166 valence electrons. The van der Waals surface area contributed by atoms with Gasteiger partial charge in [-0.3, -0.25) is 14.3 Å². The molecule has 0 bridgehead atoms. The van der Waals surface area contributed by atoms with Gasteiger partial charge in [0.15, 0.2) is 0 Å². The van der Waals surface area contributed by atoms with Gasteiger partial charge in [0.25, 0.3) is 5.91 Å². The number of carbonyl (C=O) groups is 2. The highest BCUT2D eigenvalue weighted by molar-refractivity contribution is 5.95. The Morgan fingerprint density at radius 2 is 1.81 bits per heavy atom. The highest BCUT2D eigenvalue weighted by Crippen LogP contribution is 2.32. The molecule has 4 rings (SSSR count). The SMILES string of the molecule is Cc1nn(C)cc1C(=O)N1CCC([C@@H]2CCCCN(CCc3ccccc3)C2=O)CC1. The fourth-order valence-corrected chi connectivity index (χ4v) is 5.19. The minimum absolute atomic E-state index is 0.0701. The third-order valence-electron chi connectivity index (χ3n) is 6.97. The maximum atomic E-state index is 13.4. The van der Waals surface area contributed by atoms with E-state index < -0.39 is 0 Å². The van der Waals surface area contributed by atoms with Gasteiger partial charge < -0.3 is 9.80 Å². The summed E-state index contributed by atoms with van der Waals surface area (Å²) in [7, 11) is 1.84. The van der Waals surface area contributed by atoms with E-state index in [-0.39, 0.29) is 11.8 Å². The van der Waals surface area contributed by atoms with Gasteiger partial charge in [-0.15, -0.1) is 0 Å². The van der Waals surface area contributed by atoms with Crippen molar-refractivity contribution in [1.82, 2.24) is 19.6 Å². The van der Waals surface area contributed by atoms with E-state index in [0.29, 0.717) is 17.4 Å². The van der Waals surface area contributed by atoms with Crippen LogP contribution in [0.25, 0.3) is 0 Å². The first kappa shape index (κ1) is 21.6. The maximum Gasteiger partial charge on any atom is 0.257 e. The second kappa shape index (κ2) is 9.67. The third-order valence-corrected chi connectivity index (χ3v) is 6.97. The molecule has 2 aromatic rings. The van der Waals surface area contributed by atoms with Crippen molar-refractivity contribution in [2.45, 2.75) is 45.4 Å². The molecule has 2 fully saturated rings. The summed E-state index contributed by atoms with van der Waals surface area (Å²) >= 11 is 0. The van der Waals surface area contributed by atoms with E-state index in [0.717, 1.165) is 70.4 Å². The summed E-state index contributed by atoms with van der Waals surface area (Å²) in [5, 5.41) is 4.30. The van der Waals surface area contributed by atoms with Gasteiger partial charge in [0, 0.05) is 45.3 Å². The van der Waals surface area contributed by atoms with Crippen LogP contribution in [0.3, 0.4) is 0 Å². The first-order chi connectivity index (χ1) is 15.0. The van der Waals surface area contributed by atoms with Crippen LogP contribution in [0.1, 0.15) is 53.7 Å². The molecule has 0 spiro atoms. The van der Waals surface area contributed by atoms with Crippen molar-refractivity contribution in [3.05, 3.63) is 53.3 Å². The Balaban J connectivity index is 1.35. The Morgan fingerprint density at radius 1 is 1.06 bits per heavy atom. The molecule has 1 aromatic heterocycles. The van der Waals surface area contributed by atoms with Crippen LogP contribution in [0.4, 0.5) is 0 Å².